The van der Waals surface area contributed by atoms with Crippen LogP contribution >= 0.6 is 0 Å². The van der Waals surface area contributed by atoms with Gasteiger partial charge in [-0.2, -0.15) is 5.10 Å². The first-order chi connectivity index (χ1) is 12.0. The van der Waals surface area contributed by atoms with Gasteiger partial charge in [-0.1, -0.05) is 42.5 Å². The van der Waals surface area contributed by atoms with Crippen LogP contribution in [0.4, 0.5) is 11.4 Å². The van der Waals surface area contributed by atoms with Gasteiger partial charge in [0.25, 0.3) is 5.91 Å². The fraction of sp³-hybridized carbons (Fsp3) is 0.111. The topological polar surface area (TPSA) is 90.1 Å². The third-order valence-electron chi connectivity index (χ3n) is 3.95. The van der Waals surface area contributed by atoms with Gasteiger partial charge in [-0.25, -0.2) is 0 Å². The van der Waals surface area contributed by atoms with Gasteiger partial charge in [0.1, 0.15) is 5.69 Å². The summed E-state index contributed by atoms with van der Waals surface area (Å²) in [6.07, 6.45) is 0. The number of nitrogens with zero attached hydrogens (tertiary/aromatic N) is 3. The number of nitrogens with one attached hydrogen (secondary N) is 1. The van der Waals surface area contributed by atoms with Crippen LogP contribution < -0.4 is 5.32 Å². The summed E-state index contributed by atoms with van der Waals surface area (Å²) in [4.78, 5) is 23.0. The van der Waals surface area contributed by atoms with Crippen LogP contribution in [0.5, 0.6) is 0 Å². The predicted octanol–water partition coefficient (Wildman–Crippen LogP) is 3.56. The molecule has 2 aromatic carbocycles. The van der Waals surface area contributed by atoms with Crippen LogP contribution in [0.1, 0.15) is 16.2 Å². The lowest BCUT2D eigenvalue weighted by Crippen LogP contribution is -2.14. The standard InChI is InChI=1S/C18H16N4O3/c1-12-17(22(24)25)16(20-21(12)2)18(23)19-15-10-8-14(9-11-15)13-6-4-3-5-7-13/h3-11H,1-2H3,(H,19,23). The van der Waals surface area contributed by atoms with E-state index in [2.05, 4.69) is 10.4 Å². The molecule has 3 aromatic rings. The zero-order valence-electron chi connectivity index (χ0n) is 13.8. The summed E-state index contributed by atoms with van der Waals surface area (Å²) >= 11 is 0. The van der Waals surface area contributed by atoms with Crippen molar-refractivity contribution < 1.29 is 9.72 Å². The highest BCUT2D eigenvalue weighted by atomic mass is 16.6. The molecule has 3 rings (SSSR count). The maximum absolute atomic E-state index is 12.4. The summed E-state index contributed by atoms with van der Waals surface area (Å²) in [7, 11) is 1.56. The smallest absolute Gasteiger partial charge is 0.320 e. The van der Waals surface area contributed by atoms with Crippen LogP contribution in [-0.4, -0.2) is 20.6 Å². The molecule has 0 fully saturated rings. The van der Waals surface area contributed by atoms with Gasteiger partial charge in [0.2, 0.25) is 5.69 Å². The Hall–Kier alpha value is -3.48. The summed E-state index contributed by atoms with van der Waals surface area (Å²) in [5, 5.41) is 17.8. The number of benzene rings is 2. The molecule has 7 nitrogen and oxygen atoms in total. The van der Waals surface area contributed by atoms with Gasteiger partial charge in [-0.15, -0.1) is 0 Å². The number of carbonyl (C=O) groups excluding carboxylic acids is 1. The first-order valence-corrected chi connectivity index (χ1v) is 7.62. The van der Waals surface area contributed by atoms with Gasteiger partial charge in [-0.05, 0) is 30.2 Å². The lowest BCUT2D eigenvalue weighted by molar-refractivity contribution is -0.385. The molecule has 0 saturated carbocycles. The average molecular weight is 336 g/mol. The van der Waals surface area contributed by atoms with Crippen molar-refractivity contribution in [2.24, 2.45) is 7.05 Å². The average Bonchev–Trinajstić information content (AvgIpc) is 2.92. The van der Waals surface area contributed by atoms with E-state index >= 15 is 0 Å². The minimum atomic E-state index is -0.608. The van der Waals surface area contributed by atoms with E-state index in [9.17, 15) is 14.9 Å². The van der Waals surface area contributed by atoms with Crippen LogP contribution in [0.3, 0.4) is 0 Å². The molecule has 0 radical (unpaired) electrons. The minimum absolute atomic E-state index is 0.197. The van der Waals surface area contributed by atoms with Crippen molar-refractivity contribution >= 4 is 17.3 Å². The molecule has 0 unspecified atom stereocenters. The molecule has 0 aliphatic heterocycles. The summed E-state index contributed by atoms with van der Waals surface area (Å²) in [6, 6.07) is 17.1. The lowest BCUT2D eigenvalue weighted by Gasteiger charge is -2.05. The maximum Gasteiger partial charge on any atom is 0.322 e. The van der Waals surface area contributed by atoms with E-state index in [-0.39, 0.29) is 11.4 Å². The molecule has 0 bridgehead atoms. The molecule has 25 heavy (non-hydrogen) atoms. The molecule has 0 saturated heterocycles. The van der Waals surface area contributed by atoms with Gasteiger partial charge >= 0.3 is 5.69 Å². The highest BCUT2D eigenvalue weighted by molar-refractivity contribution is 6.05. The molecule has 1 heterocycles. The number of aromatic nitrogens is 2. The Kier molecular flexibility index (Phi) is 4.30. The highest BCUT2D eigenvalue weighted by Crippen LogP contribution is 2.24. The summed E-state index contributed by atoms with van der Waals surface area (Å²) in [6.45, 7) is 1.55. The van der Waals surface area contributed by atoms with Gasteiger partial charge < -0.3 is 5.32 Å². The monoisotopic (exact) mass is 336 g/mol. The molecule has 0 aliphatic rings. The number of hydrogen-bond acceptors (Lipinski definition) is 4. The van der Waals surface area contributed by atoms with E-state index in [1.165, 1.54) is 4.68 Å². The molecule has 0 atom stereocenters. The fourth-order valence-corrected chi connectivity index (χ4v) is 2.54. The molecule has 0 aliphatic carbocycles. The summed E-state index contributed by atoms with van der Waals surface area (Å²) in [5.41, 5.74) is 2.48. The predicted molar refractivity (Wildman–Crippen MR) is 94.4 cm³/mol. The lowest BCUT2D eigenvalue weighted by atomic mass is 10.1. The molecule has 1 aromatic heterocycles. The largest absolute Gasteiger partial charge is 0.322 e. The third kappa shape index (κ3) is 3.25. The normalized spacial score (nSPS) is 10.5. The zero-order chi connectivity index (χ0) is 18.0. The second-order valence-electron chi connectivity index (χ2n) is 5.56. The van der Waals surface area contributed by atoms with Crippen molar-refractivity contribution in [3.8, 4) is 11.1 Å². The van der Waals surface area contributed by atoms with E-state index in [1.807, 2.05) is 42.5 Å². The van der Waals surface area contributed by atoms with Crippen molar-refractivity contribution in [3.63, 3.8) is 0 Å². The number of nitro groups is 1. The van der Waals surface area contributed by atoms with Crippen LogP contribution in [-0.2, 0) is 7.05 Å². The molecule has 7 heteroatoms. The Bertz CT molecular complexity index is 931. The maximum atomic E-state index is 12.4. The van der Waals surface area contributed by atoms with Crippen molar-refractivity contribution in [2.75, 3.05) is 5.32 Å². The number of anilines is 1. The Balaban J connectivity index is 1.82. The fourth-order valence-electron chi connectivity index (χ4n) is 2.54. The van der Waals surface area contributed by atoms with Crippen LogP contribution in [0.25, 0.3) is 11.1 Å². The quantitative estimate of drug-likeness (QED) is 0.582. The van der Waals surface area contributed by atoms with Gasteiger partial charge in [0.15, 0.2) is 0 Å². The molecular formula is C18H16N4O3. The first-order valence-electron chi connectivity index (χ1n) is 7.62. The van der Waals surface area contributed by atoms with Crippen molar-refractivity contribution in [2.45, 2.75) is 6.92 Å². The number of carbonyl (C=O) groups is 1. The Morgan fingerprint density at radius 2 is 1.68 bits per heavy atom. The Labute approximate surface area is 144 Å². The van der Waals surface area contributed by atoms with Crippen molar-refractivity contribution in [3.05, 3.63) is 76.1 Å². The van der Waals surface area contributed by atoms with Gasteiger partial charge in [0, 0.05) is 12.7 Å². The second kappa shape index (κ2) is 6.56. The van der Waals surface area contributed by atoms with Crippen molar-refractivity contribution in [1.29, 1.82) is 0 Å². The number of hydrogen-bond donors (Lipinski definition) is 1. The first kappa shape index (κ1) is 16.4. The van der Waals surface area contributed by atoms with Crippen molar-refractivity contribution in [1.82, 2.24) is 9.78 Å². The van der Waals surface area contributed by atoms with E-state index < -0.39 is 10.8 Å². The van der Waals surface area contributed by atoms with E-state index in [1.54, 1.807) is 26.1 Å². The second-order valence-corrected chi connectivity index (χ2v) is 5.56. The van der Waals surface area contributed by atoms with Crippen LogP contribution in [0.2, 0.25) is 0 Å². The van der Waals surface area contributed by atoms with Crippen LogP contribution in [0.15, 0.2) is 54.6 Å². The number of amides is 1. The summed E-state index contributed by atoms with van der Waals surface area (Å²) in [5.74, 6) is -0.608. The Morgan fingerprint density at radius 3 is 2.28 bits per heavy atom. The molecule has 1 amide bonds. The van der Waals surface area contributed by atoms with E-state index in [4.69, 9.17) is 0 Å². The third-order valence-corrected chi connectivity index (χ3v) is 3.95. The molecular weight excluding hydrogens is 320 g/mol. The SMILES string of the molecule is Cc1c([N+](=O)[O-])c(C(=O)Nc2ccc(-c3ccccc3)cc2)nn1C. The zero-order valence-corrected chi connectivity index (χ0v) is 13.8. The summed E-state index contributed by atoms with van der Waals surface area (Å²) < 4.78 is 1.32. The highest BCUT2D eigenvalue weighted by Gasteiger charge is 2.28. The van der Waals surface area contributed by atoms with Gasteiger partial charge in [0.05, 0.1) is 4.92 Å². The van der Waals surface area contributed by atoms with E-state index in [0.717, 1.165) is 11.1 Å². The van der Waals surface area contributed by atoms with Gasteiger partial charge in [-0.3, -0.25) is 19.6 Å². The number of aryl methyl sites for hydroxylation is 1. The molecule has 0 spiro atoms. The molecule has 126 valence electrons. The van der Waals surface area contributed by atoms with E-state index in [0.29, 0.717) is 11.4 Å². The van der Waals surface area contributed by atoms with Crippen LogP contribution in [0, 0.1) is 17.0 Å². The Morgan fingerprint density at radius 1 is 1.08 bits per heavy atom. The minimum Gasteiger partial charge on any atom is -0.320 e. The number of rotatable bonds is 4. The molecule has 1 N–H and O–H groups in total.